The number of hydrogen-bond donors (Lipinski definition) is 0. The van der Waals surface area contributed by atoms with Crippen LogP contribution in [0.1, 0.15) is 33.1 Å². The van der Waals surface area contributed by atoms with Gasteiger partial charge in [-0.25, -0.2) is 0 Å². The summed E-state index contributed by atoms with van der Waals surface area (Å²) in [6, 6.07) is 0. The molecule has 4 heteroatoms. The predicted molar refractivity (Wildman–Crippen MR) is 66.9 cm³/mol. The molecule has 1 amide bonds. The van der Waals surface area contributed by atoms with Gasteiger partial charge < -0.3 is 14.4 Å². The van der Waals surface area contributed by atoms with E-state index in [0.29, 0.717) is 25.5 Å². The van der Waals surface area contributed by atoms with Gasteiger partial charge in [-0.1, -0.05) is 13.8 Å². The van der Waals surface area contributed by atoms with Crippen LogP contribution in [0.15, 0.2) is 0 Å². The van der Waals surface area contributed by atoms with Crippen molar-refractivity contribution in [3.05, 3.63) is 0 Å². The van der Waals surface area contributed by atoms with E-state index in [0.717, 1.165) is 26.1 Å². The first-order chi connectivity index (χ1) is 8.09. The Labute approximate surface area is 104 Å². The Kier molecular flexibility index (Phi) is 6.52. The molecule has 1 aliphatic rings. The van der Waals surface area contributed by atoms with Crippen molar-refractivity contribution in [3.8, 4) is 0 Å². The molecule has 17 heavy (non-hydrogen) atoms. The van der Waals surface area contributed by atoms with Crippen molar-refractivity contribution in [2.24, 2.45) is 5.92 Å². The van der Waals surface area contributed by atoms with E-state index < -0.39 is 0 Å². The molecule has 1 heterocycles. The van der Waals surface area contributed by atoms with E-state index in [2.05, 4.69) is 13.8 Å². The molecular formula is C13H25NO3. The van der Waals surface area contributed by atoms with Crippen LogP contribution in [-0.2, 0) is 14.3 Å². The van der Waals surface area contributed by atoms with Gasteiger partial charge in [0.25, 0.3) is 0 Å². The van der Waals surface area contributed by atoms with Crippen molar-refractivity contribution >= 4 is 5.91 Å². The maximum atomic E-state index is 11.8. The van der Waals surface area contributed by atoms with Crippen molar-refractivity contribution in [2.45, 2.75) is 39.2 Å². The van der Waals surface area contributed by atoms with Gasteiger partial charge in [0, 0.05) is 26.8 Å². The molecule has 1 saturated heterocycles. The van der Waals surface area contributed by atoms with Crippen LogP contribution in [0.5, 0.6) is 0 Å². The van der Waals surface area contributed by atoms with Crippen LogP contribution in [0.25, 0.3) is 0 Å². The molecule has 1 unspecified atom stereocenters. The minimum Gasteiger partial charge on any atom is -0.381 e. The van der Waals surface area contributed by atoms with E-state index in [9.17, 15) is 4.79 Å². The maximum Gasteiger partial charge on any atom is 0.224 e. The summed E-state index contributed by atoms with van der Waals surface area (Å²) in [7, 11) is 1.84. The van der Waals surface area contributed by atoms with Crippen LogP contribution < -0.4 is 0 Å². The Morgan fingerprint density at radius 1 is 1.53 bits per heavy atom. The van der Waals surface area contributed by atoms with E-state index in [-0.39, 0.29) is 12.0 Å². The van der Waals surface area contributed by atoms with Gasteiger partial charge in [-0.2, -0.15) is 0 Å². The molecule has 4 nitrogen and oxygen atoms in total. The number of carbonyl (C=O) groups excluding carboxylic acids is 1. The third-order valence-corrected chi connectivity index (χ3v) is 2.84. The summed E-state index contributed by atoms with van der Waals surface area (Å²) >= 11 is 0. The molecule has 100 valence electrons. The van der Waals surface area contributed by atoms with Crippen molar-refractivity contribution in [1.82, 2.24) is 4.90 Å². The number of amides is 1. The van der Waals surface area contributed by atoms with Crippen LogP contribution in [-0.4, -0.2) is 50.3 Å². The molecule has 0 aromatic carbocycles. The van der Waals surface area contributed by atoms with Crippen molar-refractivity contribution in [3.63, 3.8) is 0 Å². The normalized spacial score (nSPS) is 19.9. The third kappa shape index (κ3) is 6.03. The van der Waals surface area contributed by atoms with Crippen molar-refractivity contribution in [2.75, 3.05) is 33.4 Å². The minimum atomic E-state index is 0.143. The van der Waals surface area contributed by atoms with E-state index >= 15 is 0 Å². The standard InChI is InChI=1S/C13H25NO3/c1-11(2)10-16-8-6-13(15)14(3)9-12-5-4-7-17-12/h11-12H,4-10H2,1-3H3. The topological polar surface area (TPSA) is 38.8 Å². The Bertz CT molecular complexity index is 225. The second-order valence-corrected chi connectivity index (χ2v) is 5.13. The lowest BCUT2D eigenvalue weighted by atomic mass is 10.2. The van der Waals surface area contributed by atoms with Gasteiger partial charge in [0.15, 0.2) is 0 Å². The summed E-state index contributed by atoms with van der Waals surface area (Å²) in [5.74, 6) is 0.666. The summed E-state index contributed by atoms with van der Waals surface area (Å²) in [5, 5.41) is 0. The Morgan fingerprint density at radius 3 is 2.88 bits per heavy atom. The van der Waals surface area contributed by atoms with Crippen LogP contribution in [0.2, 0.25) is 0 Å². The summed E-state index contributed by atoms with van der Waals surface area (Å²) in [5.41, 5.74) is 0. The molecule has 1 rings (SSSR count). The summed E-state index contributed by atoms with van der Waals surface area (Å²) in [4.78, 5) is 13.5. The number of ether oxygens (including phenoxy) is 2. The molecule has 0 radical (unpaired) electrons. The highest BCUT2D eigenvalue weighted by molar-refractivity contribution is 5.75. The number of likely N-dealkylation sites (N-methyl/N-ethyl adjacent to an activating group) is 1. The van der Waals surface area contributed by atoms with Crippen molar-refractivity contribution < 1.29 is 14.3 Å². The van der Waals surface area contributed by atoms with Gasteiger partial charge >= 0.3 is 0 Å². The monoisotopic (exact) mass is 243 g/mol. The largest absolute Gasteiger partial charge is 0.381 e. The average molecular weight is 243 g/mol. The fraction of sp³-hybridized carbons (Fsp3) is 0.923. The summed E-state index contributed by atoms with van der Waals surface area (Å²) in [6.07, 6.45) is 2.89. The van der Waals surface area contributed by atoms with Gasteiger partial charge in [0.1, 0.15) is 0 Å². The zero-order valence-corrected chi connectivity index (χ0v) is 11.3. The SMILES string of the molecule is CC(C)COCCC(=O)N(C)CC1CCCO1. The fourth-order valence-corrected chi connectivity index (χ4v) is 1.86. The molecule has 0 aromatic rings. The predicted octanol–water partition coefficient (Wildman–Crippen LogP) is 1.69. The van der Waals surface area contributed by atoms with Gasteiger partial charge in [0.2, 0.25) is 5.91 Å². The molecular weight excluding hydrogens is 218 g/mol. The Balaban J connectivity index is 2.09. The Morgan fingerprint density at radius 2 is 2.29 bits per heavy atom. The second-order valence-electron chi connectivity index (χ2n) is 5.13. The van der Waals surface area contributed by atoms with Crippen LogP contribution in [0.4, 0.5) is 0 Å². The van der Waals surface area contributed by atoms with Crippen LogP contribution in [0, 0.1) is 5.92 Å². The van der Waals surface area contributed by atoms with Crippen LogP contribution in [0.3, 0.4) is 0 Å². The molecule has 0 aliphatic carbocycles. The lowest BCUT2D eigenvalue weighted by Crippen LogP contribution is -2.34. The molecule has 0 bridgehead atoms. The first-order valence-electron chi connectivity index (χ1n) is 6.53. The minimum absolute atomic E-state index is 0.143. The van der Waals surface area contributed by atoms with E-state index in [1.807, 2.05) is 7.05 Å². The fourth-order valence-electron chi connectivity index (χ4n) is 1.86. The molecule has 0 saturated carbocycles. The average Bonchev–Trinajstić information content (AvgIpc) is 2.76. The van der Waals surface area contributed by atoms with Gasteiger partial charge in [0.05, 0.1) is 19.1 Å². The quantitative estimate of drug-likeness (QED) is 0.639. The summed E-state index contributed by atoms with van der Waals surface area (Å²) < 4.78 is 10.9. The first kappa shape index (κ1) is 14.5. The molecule has 0 N–H and O–H groups in total. The zero-order chi connectivity index (χ0) is 12.7. The highest BCUT2D eigenvalue weighted by Gasteiger charge is 2.19. The smallest absolute Gasteiger partial charge is 0.224 e. The number of nitrogens with zero attached hydrogens (tertiary/aromatic N) is 1. The highest BCUT2D eigenvalue weighted by Crippen LogP contribution is 2.13. The molecule has 1 fully saturated rings. The highest BCUT2D eigenvalue weighted by atomic mass is 16.5. The second kappa shape index (κ2) is 7.67. The van der Waals surface area contributed by atoms with E-state index in [1.54, 1.807) is 4.90 Å². The lowest BCUT2D eigenvalue weighted by Gasteiger charge is -2.20. The maximum absolute atomic E-state index is 11.8. The van der Waals surface area contributed by atoms with Gasteiger partial charge in [-0.15, -0.1) is 0 Å². The number of rotatable bonds is 7. The van der Waals surface area contributed by atoms with E-state index in [1.165, 1.54) is 0 Å². The van der Waals surface area contributed by atoms with Crippen LogP contribution >= 0.6 is 0 Å². The van der Waals surface area contributed by atoms with Gasteiger partial charge in [-0.05, 0) is 18.8 Å². The van der Waals surface area contributed by atoms with Crippen molar-refractivity contribution in [1.29, 1.82) is 0 Å². The zero-order valence-electron chi connectivity index (χ0n) is 11.3. The first-order valence-corrected chi connectivity index (χ1v) is 6.53. The summed E-state index contributed by atoms with van der Waals surface area (Å²) in [6.45, 7) is 7.00. The number of carbonyl (C=O) groups is 1. The Hall–Kier alpha value is -0.610. The lowest BCUT2D eigenvalue weighted by molar-refractivity contribution is -0.132. The third-order valence-electron chi connectivity index (χ3n) is 2.84. The number of hydrogen-bond acceptors (Lipinski definition) is 3. The molecule has 1 aliphatic heterocycles. The molecule has 1 atom stereocenters. The van der Waals surface area contributed by atoms with Gasteiger partial charge in [-0.3, -0.25) is 4.79 Å². The van der Waals surface area contributed by atoms with E-state index in [4.69, 9.17) is 9.47 Å². The molecule has 0 aromatic heterocycles. The molecule has 0 spiro atoms.